The normalized spacial score (nSPS) is 12.0. The van der Waals surface area contributed by atoms with Crippen LogP contribution in [0.25, 0.3) is 22.4 Å². The molecule has 0 unspecified atom stereocenters. The fourth-order valence-corrected chi connectivity index (χ4v) is 2.24. The number of nitrogens with one attached hydrogen (secondary N) is 1. The number of nitrogens with zero attached hydrogens (tertiary/aromatic N) is 1. The van der Waals surface area contributed by atoms with Crippen LogP contribution in [0.1, 0.15) is 11.1 Å². The van der Waals surface area contributed by atoms with E-state index >= 15 is 0 Å². The van der Waals surface area contributed by atoms with Crippen molar-refractivity contribution in [2.75, 3.05) is 0 Å². The second kappa shape index (κ2) is 4.77. The minimum Gasteiger partial charge on any atom is -0.338 e. The third kappa shape index (κ3) is 2.61. The Hall–Kier alpha value is -2.01. The van der Waals surface area contributed by atoms with E-state index in [1.54, 1.807) is 6.07 Å². The van der Waals surface area contributed by atoms with Gasteiger partial charge >= 0.3 is 6.18 Å². The maximum absolute atomic E-state index is 12.7. The van der Waals surface area contributed by atoms with E-state index in [1.807, 2.05) is 19.1 Å². The van der Waals surface area contributed by atoms with Crippen molar-refractivity contribution in [2.45, 2.75) is 13.1 Å². The Morgan fingerprint density at radius 3 is 2.52 bits per heavy atom. The highest BCUT2D eigenvalue weighted by Gasteiger charge is 2.30. The zero-order valence-electron chi connectivity index (χ0n) is 10.9. The average molecular weight is 311 g/mol. The van der Waals surface area contributed by atoms with E-state index in [0.717, 1.165) is 23.3 Å². The average Bonchev–Trinajstić information content (AvgIpc) is 2.83. The van der Waals surface area contributed by atoms with Gasteiger partial charge in [-0.25, -0.2) is 4.98 Å². The first-order chi connectivity index (χ1) is 9.84. The number of benzene rings is 2. The maximum atomic E-state index is 12.7. The van der Waals surface area contributed by atoms with Crippen LogP contribution in [0, 0.1) is 6.92 Å². The molecule has 0 aliphatic rings. The topological polar surface area (TPSA) is 28.7 Å². The number of H-pyrrole nitrogens is 1. The number of halogens is 4. The first kappa shape index (κ1) is 13.9. The van der Waals surface area contributed by atoms with Crippen molar-refractivity contribution in [1.29, 1.82) is 0 Å². The van der Waals surface area contributed by atoms with Crippen LogP contribution in [0.5, 0.6) is 0 Å². The molecule has 1 N–H and O–H groups in total. The number of rotatable bonds is 1. The lowest BCUT2D eigenvalue weighted by molar-refractivity contribution is -0.137. The molecule has 1 heterocycles. The van der Waals surface area contributed by atoms with Crippen LogP contribution >= 0.6 is 11.6 Å². The van der Waals surface area contributed by atoms with Crippen LogP contribution in [0.2, 0.25) is 5.02 Å². The van der Waals surface area contributed by atoms with Gasteiger partial charge in [0.1, 0.15) is 5.82 Å². The van der Waals surface area contributed by atoms with E-state index in [2.05, 4.69) is 9.97 Å². The molecule has 21 heavy (non-hydrogen) atoms. The lowest BCUT2D eigenvalue weighted by Crippen LogP contribution is -2.04. The van der Waals surface area contributed by atoms with Crippen LogP contribution in [0.4, 0.5) is 13.2 Å². The van der Waals surface area contributed by atoms with Crippen molar-refractivity contribution in [3.8, 4) is 11.4 Å². The van der Waals surface area contributed by atoms with Gasteiger partial charge in [0.05, 0.1) is 16.6 Å². The molecule has 0 aliphatic carbocycles. The number of aromatic amines is 1. The van der Waals surface area contributed by atoms with Crippen molar-refractivity contribution in [3.63, 3.8) is 0 Å². The molecule has 108 valence electrons. The highest BCUT2D eigenvalue weighted by Crippen LogP contribution is 2.32. The van der Waals surface area contributed by atoms with Crippen LogP contribution < -0.4 is 0 Å². The summed E-state index contributed by atoms with van der Waals surface area (Å²) >= 11 is 6.06. The Balaban J connectivity index is 2.10. The Bertz CT molecular complexity index is 821. The van der Waals surface area contributed by atoms with Gasteiger partial charge in [-0.05, 0) is 36.8 Å². The fraction of sp³-hybridized carbons (Fsp3) is 0.133. The number of imidazole rings is 1. The van der Waals surface area contributed by atoms with Gasteiger partial charge in [-0.3, -0.25) is 0 Å². The van der Waals surface area contributed by atoms with Crippen LogP contribution in [-0.2, 0) is 6.18 Å². The molecule has 0 spiro atoms. The largest absolute Gasteiger partial charge is 0.416 e. The van der Waals surface area contributed by atoms with Gasteiger partial charge in [0, 0.05) is 10.6 Å². The molecule has 3 aromatic rings. The van der Waals surface area contributed by atoms with E-state index in [4.69, 9.17) is 11.6 Å². The minimum atomic E-state index is -4.37. The first-order valence-electron chi connectivity index (χ1n) is 6.18. The van der Waals surface area contributed by atoms with E-state index in [-0.39, 0.29) is 0 Å². The molecule has 0 saturated heterocycles. The summed E-state index contributed by atoms with van der Waals surface area (Å²) in [6.07, 6.45) is -4.37. The summed E-state index contributed by atoms with van der Waals surface area (Å²) in [5.41, 5.74) is 1.78. The lowest BCUT2D eigenvalue weighted by atomic mass is 10.1. The van der Waals surface area contributed by atoms with E-state index < -0.39 is 11.7 Å². The third-order valence-corrected chi connectivity index (χ3v) is 3.66. The van der Waals surface area contributed by atoms with Gasteiger partial charge in [0.25, 0.3) is 0 Å². The molecule has 0 saturated carbocycles. The predicted molar refractivity (Wildman–Crippen MR) is 76.3 cm³/mol. The summed E-state index contributed by atoms with van der Waals surface area (Å²) in [5, 5.41) is 0.587. The molecule has 3 rings (SSSR count). The Kier molecular flexibility index (Phi) is 3.17. The quantitative estimate of drug-likeness (QED) is 0.656. The summed E-state index contributed by atoms with van der Waals surface area (Å²) in [4.78, 5) is 7.20. The van der Waals surface area contributed by atoms with Gasteiger partial charge in [0.2, 0.25) is 0 Å². The van der Waals surface area contributed by atoms with Crippen molar-refractivity contribution >= 4 is 22.6 Å². The van der Waals surface area contributed by atoms with E-state index in [0.29, 0.717) is 21.9 Å². The molecule has 0 amide bonds. The predicted octanol–water partition coefficient (Wildman–Crippen LogP) is 5.21. The molecule has 2 nitrogen and oxygen atoms in total. The Morgan fingerprint density at radius 2 is 1.86 bits per heavy atom. The number of hydrogen-bond donors (Lipinski definition) is 1. The second-order valence-electron chi connectivity index (χ2n) is 4.78. The van der Waals surface area contributed by atoms with Crippen molar-refractivity contribution in [3.05, 3.63) is 52.5 Å². The molecule has 0 radical (unpaired) electrons. The molecule has 6 heteroatoms. The number of alkyl halides is 3. The summed E-state index contributed by atoms with van der Waals surface area (Å²) in [5.74, 6) is 0.492. The molecular weight excluding hydrogens is 301 g/mol. The molecule has 1 aromatic heterocycles. The van der Waals surface area contributed by atoms with E-state index in [9.17, 15) is 13.2 Å². The van der Waals surface area contributed by atoms with Gasteiger partial charge < -0.3 is 4.98 Å². The highest BCUT2D eigenvalue weighted by atomic mass is 35.5. The van der Waals surface area contributed by atoms with Crippen molar-refractivity contribution < 1.29 is 13.2 Å². The second-order valence-corrected chi connectivity index (χ2v) is 5.19. The summed E-state index contributed by atoms with van der Waals surface area (Å²) < 4.78 is 38.1. The van der Waals surface area contributed by atoms with Gasteiger partial charge in [-0.2, -0.15) is 13.2 Å². The molecule has 0 atom stereocenters. The van der Waals surface area contributed by atoms with Crippen molar-refractivity contribution in [2.24, 2.45) is 0 Å². The number of hydrogen-bond acceptors (Lipinski definition) is 1. The lowest BCUT2D eigenvalue weighted by Gasteiger charge is -2.05. The smallest absolute Gasteiger partial charge is 0.338 e. The third-order valence-electron chi connectivity index (χ3n) is 3.25. The molecular formula is C15H10ClF3N2. The van der Waals surface area contributed by atoms with Crippen molar-refractivity contribution in [1.82, 2.24) is 9.97 Å². The summed E-state index contributed by atoms with van der Waals surface area (Å²) in [6.45, 7) is 1.88. The Labute approximate surface area is 123 Å². The number of aryl methyl sites for hydroxylation is 1. The monoisotopic (exact) mass is 310 g/mol. The SMILES string of the molecule is Cc1ccc(-c2nc3ccc(C(F)(F)F)cc3[nH]2)cc1Cl. The highest BCUT2D eigenvalue weighted by molar-refractivity contribution is 6.31. The molecule has 0 aliphatic heterocycles. The standard InChI is InChI=1S/C15H10ClF3N2/c1-8-2-3-9(6-11(8)16)14-20-12-5-4-10(15(17,18)19)7-13(12)21-14/h2-7H,1H3,(H,20,21). The van der Waals surface area contributed by atoms with E-state index in [1.165, 1.54) is 6.07 Å². The zero-order chi connectivity index (χ0) is 15.2. The number of aromatic nitrogens is 2. The summed E-state index contributed by atoms with van der Waals surface area (Å²) in [7, 11) is 0. The van der Waals surface area contributed by atoms with Crippen LogP contribution in [0.15, 0.2) is 36.4 Å². The fourth-order valence-electron chi connectivity index (χ4n) is 2.06. The van der Waals surface area contributed by atoms with Gasteiger partial charge in [0.15, 0.2) is 0 Å². The number of fused-ring (bicyclic) bond motifs is 1. The molecule has 2 aromatic carbocycles. The molecule has 0 bridgehead atoms. The van der Waals surface area contributed by atoms with Crippen LogP contribution in [-0.4, -0.2) is 9.97 Å². The van der Waals surface area contributed by atoms with Gasteiger partial charge in [-0.1, -0.05) is 23.7 Å². The maximum Gasteiger partial charge on any atom is 0.416 e. The zero-order valence-corrected chi connectivity index (χ0v) is 11.7. The summed E-state index contributed by atoms with van der Waals surface area (Å²) in [6, 6.07) is 8.83. The minimum absolute atomic E-state index is 0.344. The van der Waals surface area contributed by atoms with Crippen LogP contribution in [0.3, 0.4) is 0 Å². The van der Waals surface area contributed by atoms with Gasteiger partial charge in [-0.15, -0.1) is 0 Å². The first-order valence-corrected chi connectivity index (χ1v) is 6.56. The molecule has 0 fully saturated rings. The Morgan fingerprint density at radius 1 is 1.10 bits per heavy atom.